The highest BCUT2D eigenvalue weighted by molar-refractivity contribution is 9.10. The van der Waals surface area contributed by atoms with Gasteiger partial charge < -0.3 is 5.32 Å². The van der Waals surface area contributed by atoms with Gasteiger partial charge in [-0.05, 0) is 70.4 Å². The molecule has 0 amide bonds. The number of hydrogen-bond acceptors (Lipinski definition) is 2. The van der Waals surface area contributed by atoms with E-state index in [-0.39, 0.29) is 6.04 Å². The number of rotatable bonds is 2. The Kier molecular flexibility index (Phi) is 4.01. The fourth-order valence-electron chi connectivity index (χ4n) is 2.64. The van der Waals surface area contributed by atoms with E-state index in [2.05, 4.69) is 27.3 Å². The maximum atomic E-state index is 12.8. The number of aryl methyl sites for hydroxylation is 1. The molecule has 1 aliphatic carbocycles. The van der Waals surface area contributed by atoms with Crippen LogP contribution in [0.15, 0.2) is 34.1 Å². The average Bonchev–Trinajstić information content (AvgIpc) is 2.89. The minimum absolute atomic E-state index is 0.0831. The maximum absolute atomic E-state index is 12.8. The molecule has 0 spiro atoms. The topological polar surface area (TPSA) is 12.0 Å². The molecule has 0 saturated heterocycles. The third kappa shape index (κ3) is 3.11. The Bertz CT molecular complexity index is 651. The van der Waals surface area contributed by atoms with Crippen molar-refractivity contribution in [3.05, 3.63) is 50.1 Å². The van der Waals surface area contributed by atoms with Gasteiger partial charge in [-0.15, -0.1) is 11.3 Å². The molecule has 1 nitrogen and oxygen atoms in total. The molecule has 3 rings (SSSR count). The predicted molar refractivity (Wildman–Crippen MR) is 82.8 cm³/mol. The first-order valence-electron chi connectivity index (χ1n) is 6.64. The third-order valence-corrected chi connectivity index (χ3v) is 5.36. The van der Waals surface area contributed by atoms with Crippen molar-refractivity contribution in [1.82, 2.24) is 0 Å². The van der Waals surface area contributed by atoms with E-state index in [1.165, 1.54) is 22.6 Å². The summed E-state index contributed by atoms with van der Waals surface area (Å²) in [5, 5.41) is 5.31. The van der Waals surface area contributed by atoms with Crippen LogP contribution < -0.4 is 5.32 Å². The van der Waals surface area contributed by atoms with Crippen molar-refractivity contribution in [2.75, 3.05) is 5.32 Å². The summed E-state index contributed by atoms with van der Waals surface area (Å²) >= 11 is 5.05. The Labute approximate surface area is 133 Å². The lowest BCUT2D eigenvalue weighted by Gasteiger charge is -2.25. The van der Waals surface area contributed by atoms with Gasteiger partial charge in [-0.25, -0.2) is 0 Å². The van der Waals surface area contributed by atoms with E-state index >= 15 is 0 Å². The first-order chi connectivity index (χ1) is 9.95. The number of anilines is 1. The molecule has 2 aromatic rings. The van der Waals surface area contributed by atoms with Gasteiger partial charge in [-0.1, -0.05) is 0 Å². The van der Waals surface area contributed by atoms with Gasteiger partial charge >= 0.3 is 6.18 Å². The Morgan fingerprint density at radius 2 is 2.05 bits per heavy atom. The fraction of sp³-hybridized carbons (Fsp3) is 0.333. The summed E-state index contributed by atoms with van der Waals surface area (Å²) in [6, 6.07) is 5.86. The molecule has 1 heterocycles. The van der Waals surface area contributed by atoms with E-state index in [1.54, 1.807) is 11.3 Å². The summed E-state index contributed by atoms with van der Waals surface area (Å²) in [5.41, 5.74) is 1.08. The van der Waals surface area contributed by atoms with Gasteiger partial charge in [0.2, 0.25) is 0 Å². The van der Waals surface area contributed by atoms with Crippen molar-refractivity contribution in [3.8, 4) is 0 Å². The van der Waals surface area contributed by atoms with Crippen LogP contribution >= 0.6 is 27.3 Å². The summed E-state index contributed by atoms with van der Waals surface area (Å²) in [4.78, 5) is 1.34. The van der Waals surface area contributed by atoms with Gasteiger partial charge in [0.15, 0.2) is 0 Å². The molecular weight excluding hydrogens is 363 g/mol. The highest BCUT2D eigenvalue weighted by atomic mass is 79.9. The van der Waals surface area contributed by atoms with Crippen molar-refractivity contribution in [3.63, 3.8) is 0 Å². The van der Waals surface area contributed by atoms with Gasteiger partial charge in [0.1, 0.15) is 0 Å². The molecule has 0 saturated carbocycles. The van der Waals surface area contributed by atoms with E-state index in [0.29, 0.717) is 10.2 Å². The van der Waals surface area contributed by atoms with Crippen LogP contribution in [0.3, 0.4) is 0 Å². The first-order valence-corrected chi connectivity index (χ1v) is 8.32. The van der Waals surface area contributed by atoms with E-state index < -0.39 is 11.7 Å². The van der Waals surface area contributed by atoms with Crippen molar-refractivity contribution < 1.29 is 13.2 Å². The summed E-state index contributed by atoms with van der Waals surface area (Å²) in [7, 11) is 0. The average molecular weight is 376 g/mol. The molecule has 0 fully saturated rings. The number of nitrogens with one attached hydrogen (secondary N) is 1. The van der Waals surface area contributed by atoms with Crippen LogP contribution in [0.5, 0.6) is 0 Å². The van der Waals surface area contributed by atoms with Crippen molar-refractivity contribution in [1.29, 1.82) is 0 Å². The van der Waals surface area contributed by atoms with Gasteiger partial charge in [0.05, 0.1) is 11.6 Å². The van der Waals surface area contributed by atoms with Crippen LogP contribution in [0.4, 0.5) is 18.9 Å². The second-order valence-corrected chi connectivity index (χ2v) is 6.94. The summed E-state index contributed by atoms with van der Waals surface area (Å²) in [5.74, 6) is 0. The molecule has 21 heavy (non-hydrogen) atoms. The molecule has 0 radical (unpaired) electrons. The number of fused-ring (bicyclic) bond motifs is 1. The minimum atomic E-state index is -4.32. The molecule has 1 aromatic heterocycles. The monoisotopic (exact) mass is 375 g/mol. The van der Waals surface area contributed by atoms with Crippen LogP contribution in [0, 0.1) is 0 Å². The molecule has 0 aliphatic heterocycles. The van der Waals surface area contributed by atoms with E-state index in [4.69, 9.17) is 0 Å². The largest absolute Gasteiger partial charge is 0.416 e. The van der Waals surface area contributed by atoms with Crippen LogP contribution in [-0.2, 0) is 12.6 Å². The summed E-state index contributed by atoms with van der Waals surface area (Å²) in [6.45, 7) is 0. The standard InChI is InChI=1S/C15H13BrF3NS/c16-11-5-4-9(15(17,18)19)8-13(11)20-12-2-1-3-14-10(12)6-7-21-14/h4-8,12,20H,1-3H2. The molecule has 1 unspecified atom stereocenters. The third-order valence-electron chi connectivity index (χ3n) is 3.68. The first kappa shape index (κ1) is 14.9. The molecule has 1 N–H and O–H groups in total. The Hall–Kier alpha value is -1.01. The predicted octanol–water partition coefficient (Wildman–Crippen LogP) is 6.02. The van der Waals surface area contributed by atoms with Crippen molar-refractivity contribution in [2.24, 2.45) is 0 Å². The Morgan fingerprint density at radius 1 is 1.24 bits per heavy atom. The molecule has 1 atom stereocenters. The van der Waals surface area contributed by atoms with Crippen LogP contribution in [0.2, 0.25) is 0 Å². The van der Waals surface area contributed by atoms with Crippen LogP contribution in [0.1, 0.15) is 34.9 Å². The lowest BCUT2D eigenvalue weighted by molar-refractivity contribution is -0.137. The van der Waals surface area contributed by atoms with E-state index in [1.807, 2.05) is 5.38 Å². The number of hydrogen-bond donors (Lipinski definition) is 1. The molecule has 1 aliphatic rings. The van der Waals surface area contributed by atoms with Gasteiger partial charge in [0.25, 0.3) is 0 Å². The van der Waals surface area contributed by atoms with E-state index in [9.17, 15) is 13.2 Å². The molecular formula is C15H13BrF3NS. The Balaban J connectivity index is 1.89. The zero-order valence-corrected chi connectivity index (χ0v) is 13.4. The smallest absolute Gasteiger partial charge is 0.377 e. The normalized spacial score (nSPS) is 18.4. The SMILES string of the molecule is FC(F)(F)c1ccc(Br)c(NC2CCCc3sccc32)c1. The summed E-state index contributed by atoms with van der Waals surface area (Å²) in [6.07, 6.45) is -1.26. The quantitative estimate of drug-likeness (QED) is 0.676. The highest BCUT2D eigenvalue weighted by Gasteiger charge is 2.31. The summed E-state index contributed by atoms with van der Waals surface area (Å²) < 4.78 is 39.1. The minimum Gasteiger partial charge on any atom is -0.377 e. The number of benzene rings is 1. The lowest BCUT2D eigenvalue weighted by atomic mass is 9.94. The highest BCUT2D eigenvalue weighted by Crippen LogP contribution is 2.39. The van der Waals surface area contributed by atoms with Gasteiger partial charge in [-0.2, -0.15) is 13.2 Å². The van der Waals surface area contributed by atoms with E-state index in [0.717, 1.165) is 25.3 Å². The van der Waals surface area contributed by atoms with Gasteiger partial charge in [-0.3, -0.25) is 0 Å². The molecule has 112 valence electrons. The lowest BCUT2D eigenvalue weighted by Crippen LogP contribution is -2.16. The molecule has 0 bridgehead atoms. The maximum Gasteiger partial charge on any atom is 0.416 e. The number of thiophene rings is 1. The van der Waals surface area contributed by atoms with Gasteiger partial charge in [0, 0.05) is 15.0 Å². The van der Waals surface area contributed by atoms with Crippen LogP contribution in [0.25, 0.3) is 0 Å². The zero-order chi connectivity index (χ0) is 15.0. The number of alkyl halides is 3. The zero-order valence-electron chi connectivity index (χ0n) is 11.0. The van der Waals surface area contributed by atoms with Crippen molar-refractivity contribution >= 4 is 33.0 Å². The molecule has 1 aromatic carbocycles. The Morgan fingerprint density at radius 3 is 2.81 bits per heavy atom. The second-order valence-electron chi connectivity index (χ2n) is 5.08. The second kappa shape index (κ2) is 5.65. The van der Waals surface area contributed by atoms with Crippen LogP contribution in [-0.4, -0.2) is 0 Å². The number of halogens is 4. The fourth-order valence-corrected chi connectivity index (χ4v) is 3.98. The van der Waals surface area contributed by atoms with Crippen molar-refractivity contribution in [2.45, 2.75) is 31.5 Å². The molecule has 6 heteroatoms.